The van der Waals surface area contributed by atoms with Gasteiger partial charge >= 0.3 is 0 Å². The number of para-hydroxylation sites is 1. The van der Waals surface area contributed by atoms with Gasteiger partial charge in [-0.3, -0.25) is 14.4 Å². The molecular weight excluding hydrogens is 516 g/mol. The second kappa shape index (κ2) is 10.5. The molecule has 10 heteroatoms. The summed E-state index contributed by atoms with van der Waals surface area (Å²) in [5.74, 6) is -1.32. The average Bonchev–Trinajstić information content (AvgIpc) is 3.45. The highest BCUT2D eigenvalue weighted by molar-refractivity contribution is 7.89. The van der Waals surface area contributed by atoms with Gasteiger partial charge in [0, 0.05) is 36.3 Å². The van der Waals surface area contributed by atoms with Crippen LogP contribution in [-0.4, -0.2) is 48.0 Å². The van der Waals surface area contributed by atoms with E-state index in [-0.39, 0.29) is 23.8 Å². The van der Waals surface area contributed by atoms with Crippen molar-refractivity contribution in [2.75, 3.05) is 16.8 Å². The SMILES string of the molecule is CC(=O)Nc1ccc(S(=O)(=O)N(CCc2c[nH]c3ccccc23)C2CC(=O)N(c3ccc(C)cc3)C2=O)cc1. The van der Waals surface area contributed by atoms with Crippen LogP contribution in [0, 0.1) is 6.92 Å². The van der Waals surface area contributed by atoms with Crippen LogP contribution in [0.2, 0.25) is 0 Å². The molecule has 39 heavy (non-hydrogen) atoms. The number of sulfonamides is 1. The molecular formula is C29H28N4O5S. The number of benzene rings is 3. The second-order valence-corrected chi connectivity index (χ2v) is 11.4. The van der Waals surface area contributed by atoms with Crippen molar-refractivity contribution in [3.05, 3.63) is 90.1 Å². The lowest BCUT2D eigenvalue weighted by Crippen LogP contribution is -2.46. The zero-order valence-corrected chi connectivity index (χ0v) is 22.4. The van der Waals surface area contributed by atoms with Crippen LogP contribution in [0.5, 0.6) is 0 Å². The summed E-state index contributed by atoms with van der Waals surface area (Å²) >= 11 is 0. The Balaban J connectivity index is 1.49. The highest BCUT2D eigenvalue weighted by Gasteiger charge is 2.46. The van der Waals surface area contributed by atoms with E-state index in [9.17, 15) is 22.8 Å². The number of imide groups is 1. The first-order valence-corrected chi connectivity index (χ1v) is 14.0. The molecule has 3 aromatic carbocycles. The van der Waals surface area contributed by atoms with Gasteiger partial charge in [-0.2, -0.15) is 4.31 Å². The Morgan fingerprint density at radius 1 is 1.03 bits per heavy atom. The number of anilines is 2. The molecule has 1 atom stereocenters. The van der Waals surface area contributed by atoms with E-state index in [1.165, 1.54) is 31.2 Å². The number of H-pyrrole nitrogens is 1. The minimum atomic E-state index is -4.19. The van der Waals surface area contributed by atoms with Crippen LogP contribution in [0.1, 0.15) is 24.5 Å². The van der Waals surface area contributed by atoms with Gasteiger partial charge in [-0.1, -0.05) is 35.9 Å². The van der Waals surface area contributed by atoms with Crippen LogP contribution in [-0.2, 0) is 30.8 Å². The summed E-state index contributed by atoms with van der Waals surface area (Å²) in [6.07, 6.45) is 1.90. The molecule has 0 bridgehead atoms. The van der Waals surface area contributed by atoms with Crippen LogP contribution in [0.4, 0.5) is 11.4 Å². The number of hydrogen-bond donors (Lipinski definition) is 2. The molecule has 2 heterocycles. The average molecular weight is 545 g/mol. The molecule has 9 nitrogen and oxygen atoms in total. The monoisotopic (exact) mass is 544 g/mol. The predicted octanol–water partition coefficient (Wildman–Crippen LogP) is 4.00. The van der Waals surface area contributed by atoms with E-state index in [2.05, 4.69) is 10.3 Å². The summed E-state index contributed by atoms with van der Waals surface area (Å²) < 4.78 is 29.1. The number of fused-ring (bicyclic) bond motifs is 1. The Labute approximate surface area is 226 Å². The first-order valence-electron chi connectivity index (χ1n) is 12.5. The third-order valence-corrected chi connectivity index (χ3v) is 8.74. The molecule has 0 saturated carbocycles. The van der Waals surface area contributed by atoms with Gasteiger partial charge in [0.2, 0.25) is 21.8 Å². The van der Waals surface area contributed by atoms with Gasteiger partial charge in [-0.05, 0) is 61.4 Å². The molecule has 1 aliphatic rings. The Hall–Kier alpha value is -4.28. The topological polar surface area (TPSA) is 120 Å². The summed E-state index contributed by atoms with van der Waals surface area (Å²) in [5.41, 5.74) is 3.66. The third-order valence-electron chi connectivity index (χ3n) is 6.82. The molecule has 1 saturated heterocycles. The number of nitrogens with one attached hydrogen (secondary N) is 2. The maximum atomic E-state index is 14.0. The van der Waals surface area contributed by atoms with E-state index in [1.807, 2.05) is 37.4 Å². The summed E-state index contributed by atoms with van der Waals surface area (Å²) in [5, 5.41) is 3.58. The highest BCUT2D eigenvalue weighted by atomic mass is 32.2. The molecule has 1 unspecified atom stereocenters. The third kappa shape index (κ3) is 5.21. The standard InChI is InChI=1S/C29H28N4O5S/c1-19-7-11-23(12-8-19)33-28(35)17-27(29(33)36)32(16-15-21-18-30-26-6-4-3-5-25(21)26)39(37,38)24-13-9-22(10-14-24)31-20(2)34/h3-14,18,27,30H,15-17H2,1-2H3,(H,31,34). The van der Waals surface area contributed by atoms with Crippen molar-refractivity contribution in [3.63, 3.8) is 0 Å². The Morgan fingerprint density at radius 2 is 1.72 bits per heavy atom. The molecule has 1 aromatic heterocycles. The number of rotatable bonds is 8. The summed E-state index contributed by atoms with van der Waals surface area (Å²) in [4.78, 5) is 42.3. The summed E-state index contributed by atoms with van der Waals surface area (Å²) in [6, 6.07) is 19.2. The fourth-order valence-electron chi connectivity index (χ4n) is 4.87. The van der Waals surface area contributed by atoms with E-state index in [4.69, 9.17) is 0 Å². The number of carbonyl (C=O) groups excluding carboxylic acids is 3. The van der Waals surface area contributed by atoms with Gasteiger partial charge in [0.1, 0.15) is 6.04 Å². The number of carbonyl (C=O) groups is 3. The Morgan fingerprint density at radius 3 is 2.41 bits per heavy atom. The Bertz CT molecular complexity index is 1660. The van der Waals surface area contributed by atoms with Gasteiger partial charge in [-0.25, -0.2) is 13.3 Å². The van der Waals surface area contributed by atoms with Crippen LogP contribution in [0.15, 0.2) is 83.9 Å². The van der Waals surface area contributed by atoms with Crippen LogP contribution >= 0.6 is 0 Å². The molecule has 1 aliphatic heterocycles. The normalized spacial score (nSPS) is 15.9. The van der Waals surface area contributed by atoms with E-state index in [1.54, 1.807) is 24.3 Å². The molecule has 0 aliphatic carbocycles. The minimum absolute atomic E-state index is 0.0109. The lowest BCUT2D eigenvalue weighted by atomic mass is 10.1. The van der Waals surface area contributed by atoms with Crippen LogP contribution in [0.3, 0.4) is 0 Å². The van der Waals surface area contributed by atoms with Crippen molar-refractivity contribution >= 4 is 50.0 Å². The van der Waals surface area contributed by atoms with Crippen molar-refractivity contribution in [1.29, 1.82) is 0 Å². The molecule has 1 fully saturated rings. The molecule has 2 N–H and O–H groups in total. The van der Waals surface area contributed by atoms with Gasteiger partial charge in [0.15, 0.2) is 0 Å². The number of amides is 3. The largest absolute Gasteiger partial charge is 0.361 e. The van der Waals surface area contributed by atoms with Gasteiger partial charge < -0.3 is 10.3 Å². The van der Waals surface area contributed by atoms with Crippen molar-refractivity contribution in [2.45, 2.75) is 37.6 Å². The van der Waals surface area contributed by atoms with Crippen molar-refractivity contribution < 1.29 is 22.8 Å². The number of aromatic amines is 1. The molecule has 5 rings (SSSR count). The van der Waals surface area contributed by atoms with E-state index >= 15 is 0 Å². The first kappa shape index (κ1) is 26.3. The molecule has 4 aromatic rings. The van der Waals surface area contributed by atoms with Crippen LogP contribution in [0.25, 0.3) is 10.9 Å². The summed E-state index contributed by atoms with van der Waals surface area (Å²) in [7, 11) is -4.19. The smallest absolute Gasteiger partial charge is 0.252 e. The lowest BCUT2D eigenvalue weighted by molar-refractivity contribution is -0.122. The summed E-state index contributed by atoms with van der Waals surface area (Å²) in [6.45, 7) is 3.25. The quantitative estimate of drug-likeness (QED) is 0.325. The molecule has 0 spiro atoms. The number of aromatic nitrogens is 1. The maximum Gasteiger partial charge on any atom is 0.252 e. The van der Waals surface area contributed by atoms with Crippen molar-refractivity contribution in [2.24, 2.45) is 0 Å². The fourth-order valence-corrected chi connectivity index (χ4v) is 6.45. The zero-order valence-electron chi connectivity index (χ0n) is 21.5. The van der Waals surface area contributed by atoms with E-state index < -0.39 is 27.9 Å². The van der Waals surface area contributed by atoms with Gasteiger partial charge in [-0.15, -0.1) is 0 Å². The maximum absolute atomic E-state index is 14.0. The Kier molecular flexibility index (Phi) is 7.07. The molecule has 200 valence electrons. The predicted molar refractivity (Wildman–Crippen MR) is 149 cm³/mol. The molecule has 3 amide bonds. The fraction of sp³-hybridized carbons (Fsp3) is 0.207. The van der Waals surface area contributed by atoms with Crippen molar-refractivity contribution in [1.82, 2.24) is 9.29 Å². The van der Waals surface area contributed by atoms with Gasteiger partial charge in [0.05, 0.1) is 17.0 Å². The van der Waals surface area contributed by atoms with E-state index in [0.717, 1.165) is 31.2 Å². The van der Waals surface area contributed by atoms with E-state index in [0.29, 0.717) is 17.8 Å². The van der Waals surface area contributed by atoms with Gasteiger partial charge in [0.25, 0.3) is 5.91 Å². The van der Waals surface area contributed by atoms with Crippen molar-refractivity contribution in [3.8, 4) is 0 Å². The first-order chi connectivity index (χ1) is 18.6. The highest BCUT2D eigenvalue weighted by Crippen LogP contribution is 2.31. The minimum Gasteiger partial charge on any atom is -0.361 e. The molecule has 0 radical (unpaired) electrons. The lowest BCUT2D eigenvalue weighted by Gasteiger charge is -2.27. The number of aryl methyl sites for hydroxylation is 1. The number of nitrogens with zero attached hydrogens (tertiary/aromatic N) is 2. The number of hydrogen-bond acceptors (Lipinski definition) is 5. The second-order valence-electron chi connectivity index (χ2n) is 9.55. The zero-order chi connectivity index (χ0) is 27.7. The van der Waals surface area contributed by atoms with Crippen LogP contribution < -0.4 is 10.2 Å².